The van der Waals surface area contributed by atoms with E-state index in [4.69, 9.17) is 19.9 Å². The first-order chi connectivity index (χ1) is 20.0. The Morgan fingerprint density at radius 1 is 1.21 bits per heavy atom. The number of aromatic nitrogens is 2. The number of hydrogen-bond donors (Lipinski definition) is 2. The highest BCUT2D eigenvalue weighted by Gasteiger charge is 2.35. The Labute approximate surface area is 248 Å². The topological polar surface area (TPSA) is 147 Å². The van der Waals surface area contributed by atoms with E-state index in [9.17, 15) is 19.5 Å². The second kappa shape index (κ2) is 12.8. The van der Waals surface area contributed by atoms with E-state index in [1.165, 1.54) is 29.8 Å². The lowest BCUT2D eigenvalue weighted by molar-refractivity contribution is -0.125. The van der Waals surface area contributed by atoms with Crippen molar-refractivity contribution in [3.05, 3.63) is 61.1 Å². The average Bonchev–Trinajstić information content (AvgIpc) is 3.31. The van der Waals surface area contributed by atoms with Crippen LogP contribution in [0.4, 0.5) is 0 Å². The Morgan fingerprint density at radius 2 is 1.88 bits per heavy atom. The van der Waals surface area contributed by atoms with Crippen molar-refractivity contribution >= 4 is 33.4 Å². The molecule has 1 aliphatic rings. The van der Waals surface area contributed by atoms with Crippen LogP contribution in [-0.4, -0.2) is 59.0 Å². The quantitative estimate of drug-likeness (QED) is 0.268. The summed E-state index contributed by atoms with van der Waals surface area (Å²) in [5.74, 6) is 0.131. The van der Waals surface area contributed by atoms with Gasteiger partial charge in [0.1, 0.15) is 22.2 Å². The van der Waals surface area contributed by atoms with E-state index < -0.39 is 28.8 Å². The van der Waals surface area contributed by atoms with Crippen LogP contribution in [0.25, 0.3) is 10.2 Å². The van der Waals surface area contributed by atoms with E-state index in [1.54, 1.807) is 21.1 Å². The number of rotatable bonds is 10. The van der Waals surface area contributed by atoms with Crippen molar-refractivity contribution < 1.29 is 24.1 Å². The number of aliphatic imine (C=N–C) groups is 1. The van der Waals surface area contributed by atoms with Crippen molar-refractivity contribution in [3.8, 4) is 5.75 Å². The predicted molar refractivity (Wildman–Crippen MR) is 163 cm³/mol. The molecule has 4 rings (SSSR count). The predicted octanol–water partition coefficient (Wildman–Crippen LogP) is 3.24. The molecular weight excluding hydrogens is 560 g/mol. The largest absolute Gasteiger partial charge is 0.496 e. The lowest BCUT2D eigenvalue weighted by atomic mass is 9.94. The van der Waals surface area contributed by atoms with Crippen molar-refractivity contribution in [1.29, 1.82) is 0 Å². The molecule has 1 fully saturated rings. The van der Waals surface area contributed by atoms with E-state index in [0.29, 0.717) is 59.2 Å². The fraction of sp³-hybridized carbons (Fsp3) is 0.533. The Balaban J connectivity index is 1.99. The number of carbonyl (C=O) groups excluding carboxylic acids is 1. The lowest BCUT2D eigenvalue weighted by Gasteiger charge is -2.31. The molecular formula is C30H40N4O7S. The van der Waals surface area contributed by atoms with Crippen molar-refractivity contribution in [2.24, 2.45) is 10.7 Å². The molecule has 1 unspecified atom stereocenters. The summed E-state index contributed by atoms with van der Waals surface area (Å²) >= 11 is 1.23. The van der Waals surface area contributed by atoms with Crippen LogP contribution in [0.3, 0.4) is 0 Å². The molecule has 2 heterocycles. The zero-order valence-electron chi connectivity index (χ0n) is 25.0. The van der Waals surface area contributed by atoms with E-state index in [2.05, 4.69) is 4.99 Å². The van der Waals surface area contributed by atoms with Gasteiger partial charge < -0.3 is 25.1 Å². The molecule has 1 aliphatic carbocycles. The molecule has 3 aromatic rings. The summed E-state index contributed by atoms with van der Waals surface area (Å²) < 4.78 is 20.5. The summed E-state index contributed by atoms with van der Waals surface area (Å²) in [7, 11) is 3.17. The number of primary amides is 1. The maximum atomic E-state index is 14.2. The molecule has 1 saturated carbocycles. The van der Waals surface area contributed by atoms with E-state index in [1.807, 2.05) is 31.2 Å². The van der Waals surface area contributed by atoms with Gasteiger partial charge in [-0.25, -0.2) is 9.36 Å². The van der Waals surface area contributed by atoms with Gasteiger partial charge in [-0.3, -0.25) is 19.1 Å². The van der Waals surface area contributed by atoms with E-state index in [0.717, 1.165) is 10.1 Å². The van der Waals surface area contributed by atoms with Crippen LogP contribution in [0.15, 0.2) is 38.8 Å². The molecule has 1 aromatic carbocycles. The van der Waals surface area contributed by atoms with E-state index in [-0.39, 0.29) is 24.1 Å². The number of hydrogen-bond acceptors (Lipinski definition) is 9. The first kappa shape index (κ1) is 31.5. The van der Waals surface area contributed by atoms with Crippen LogP contribution in [0, 0.1) is 6.92 Å². The number of aliphatic hydroxyl groups excluding tert-OH is 1. The highest BCUT2D eigenvalue weighted by molar-refractivity contribution is 7.20. The van der Waals surface area contributed by atoms with Gasteiger partial charge in [0.2, 0.25) is 11.8 Å². The second-order valence-electron chi connectivity index (χ2n) is 11.0. The van der Waals surface area contributed by atoms with Gasteiger partial charge in [-0.2, -0.15) is 0 Å². The number of methoxy groups -OCH3 is 1. The fourth-order valence-electron chi connectivity index (χ4n) is 5.41. The minimum Gasteiger partial charge on any atom is -0.496 e. The Bertz CT molecular complexity index is 1600. The molecule has 3 N–H and O–H groups in total. The van der Waals surface area contributed by atoms with Crippen molar-refractivity contribution in [2.45, 2.75) is 83.8 Å². The Hall–Kier alpha value is -3.48. The Morgan fingerprint density at radius 3 is 2.48 bits per heavy atom. The highest BCUT2D eigenvalue weighted by atomic mass is 32.1. The van der Waals surface area contributed by atoms with Crippen LogP contribution in [0.1, 0.15) is 68.6 Å². The SMILES string of the molecule is CCOC(=NC)c1sc2c(c1C)c(=O)n(C(C)(C)C(N)=O)c(=O)n2CC(OC1CCC(O)CC1)c1ccccc1OC. The lowest BCUT2D eigenvalue weighted by Crippen LogP contribution is -2.54. The Kier molecular flexibility index (Phi) is 9.59. The van der Waals surface area contributed by atoms with Crippen molar-refractivity contribution in [2.75, 3.05) is 20.8 Å². The van der Waals surface area contributed by atoms with Crippen LogP contribution in [-0.2, 0) is 26.4 Å². The van der Waals surface area contributed by atoms with E-state index >= 15 is 0 Å². The van der Waals surface area contributed by atoms with Crippen LogP contribution < -0.4 is 21.7 Å². The second-order valence-corrected chi connectivity index (χ2v) is 12.0. The number of amides is 1. The van der Waals surface area contributed by atoms with Gasteiger partial charge in [0.15, 0.2) is 0 Å². The maximum Gasteiger partial charge on any atom is 0.333 e. The number of carbonyl (C=O) groups is 1. The molecule has 0 aliphatic heterocycles. The number of nitrogens with zero attached hydrogens (tertiary/aromatic N) is 3. The molecule has 1 atom stereocenters. The van der Waals surface area contributed by atoms with Gasteiger partial charge in [0.25, 0.3) is 5.56 Å². The average molecular weight is 601 g/mol. The monoisotopic (exact) mass is 600 g/mol. The van der Waals surface area contributed by atoms with Crippen LogP contribution in [0.2, 0.25) is 0 Å². The third-order valence-corrected chi connectivity index (χ3v) is 9.19. The van der Waals surface area contributed by atoms with Gasteiger partial charge in [-0.15, -0.1) is 11.3 Å². The molecule has 42 heavy (non-hydrogen) atoms. The van der Waals surface area contributed by atoms with Gasteiger partial charge in [-0.05, 0) is 65.0 Å². The summed E-state index contributed by atoms with van der Waals surface area (Å²) in [5.41, 5.74) is 4.12. The molecule has 11 nitrogen and oxygen atoms in total. The molecule has 1 amide bonds. The highest BCUT2D eigenvalue weighted by Crippen LogP contribution is 2.35. The van der Waals surface area contributed by atoms with Crippen LogP contribution >= 0.6 is 11.3 Å². The van der Waals surface area contributed by atoms with Gasteiger partial charge in [0, 0.05) is 12.6 Å². The zero-order valence-corrected chi connectivity index (χ0v) is 25.8. The van der Waals surface area contributed by atoms with Gasteiger partial charge in [0.05, 0.1) is 42.7 Å². The molecule has 12 heteroatoms. The summed E-state index contributed by atoms with van der Waals surface area (Å²) in [4.78, 5) is 46.0. The minimum atomic E-state index is -1.61. The number of para-hydroxylation sites is 1. The maximum absolute atomic E-state index is 14.2. The molecule has 0 bridgehead atoms. The van der Waals surface area contributed by atoms with Gasteiger partial charge >= 0.3 is 5.69 Å². The number of thiophene rings is 1. The first-order valence-corrected chi connectivity index (χ1v) is 14.9. The number of ether oxygens (including phenoxy) is 3. The smallest absolute Gasteiger partial charge is 0.333 e. The zero-order chi connectivity index (χ0) is 30.8. The van der Waals surface area contributed by atoms with Gasteiger partial charge in [-0.1, -0.05) is 18.2 Å². The summed E-state index contributed by atoms with van der Waals surface area (Å²) in [6.07, 6.45) is 1.41. The summed E-state index contributed by atoms with van der Waals surface area (Å²) in [5, 5.41) is 10.3. The normalized spacial score (nSPS) is 18.7. The number of aliphatic hydroxyl groups is 1. The first-order valence-electron chi connectivity index (χ1n) is 14.1. The molecule has 0 radical (unpaired) electrons. The minimum absolute atomic E-state index is 0.0243. The summed E-state index contributed by atoms with van der Waals surface area (Å²) in [6.45, 7) is 6.92. The number of aryl methyl sites for hydroxylation is 1. The number of nitrogens with two attached hydrogens (primary N) is 1. The summed E-state index contributed by atoms with van der Waals surface area (Å²) in [6, 6.07) is 7.43. The molecule has 228 valence electrons. The standard InChI is InChI=1S/C30H40N4O7S/c1-7-40-25(32-5)24-17(2)23-26(36)34(30(3,4)28(31)37)29(38)33(27(23)42-24)16-22(20-10-8-9-11-21(20)39-6)41-19-14-12-18(35)13-15-19/h8-11,18-19,22,35H,7,12-16H2,1-6H3,(H2,31,37). The van der Waals surface area contributed by atoms with Crippen LogP contribution in [0.5, 0.6) is 5.75 Å². The molecule has 0 spiro atoms. The fourth-order valence-corrected chi connectivity index (χ4v) is 6.70. The van der Waals surface area contributed by atoms with Crippen molar-refractivity contribution in [1.82, 2.24) is 9.13 Å². The number of benzene rings is 1. The third kappa shape index (κ3) is 5.88. The molecule has 2 aromatic heterocycles. The number of fused-ring (bicyclic) bond motifs is 1. The molecule has 0 saturated heterocycles. The third-order valence-electron chi connectivity index (χ3n) is 7.89. The van der Waals surface area contributed by atoms with Crippen molar-refractivity contribution in [3.63, 3.8) is 0 Å².